The minimum Gasteiger partial charge on any atom is -0.327 e. The van der Waals surface area contributed by atoms with Crippen LogP contribution in [0.15, 0.2) is 28.9 Å². The average Bonchev–Trinajstić information content (AvgIpc) is 2.77. The number of hydrogen-bond donors (Lipinski definition) is 1. The molecule has 4 heteroatoms. The summed E-state index contributed by atoms with van der Waals surface area (Å²) < 4.78 is 3.33. The highest BCUT2D eigenvalue weighted by Gasteiger charge is 2.19. The molecule has 3 nitrogen and oxygen atoms in total. The molecule has 0 spiro atoms. The lowest BCUT2D eigenvalue weighted by Crippen LogP contribution is -2.11. The highest BCUT2D eigenvalue weighted by atomic mass is 79.9. The van der Waals surface area contributed by atoms with E-state index in [1.807, 2.05) is 0 Å². The Labute approximate surface area is 115 Å². The van der Waals surface area contributed by atoms with Crippen LogP contribution in [0.1, 0.15) is 24.1 Å². The maximum atomic E-state index is 5.70. The smallest absolute Gasteiger partial charge is 0.141 e. The molecule has 2 heterocycles. The Morgan fingerprint density at radius 2 is 2.22 bits per heavy atom. The lowest BCUT2D eigenvalue weighted by Gasteiger charge is -2.17. The van der Waals surface area contributed by atoms with Gasteiger partial charge in [0.25, 0.3) is 0 Å². The van der Waals surface area contributed by atoms with Gasteiger partial charge in [-0.2, -0.15) is 0 Å². The summed E-state index contributed by atoms with van der Waals surface area (Å²) in [5, 5.41) is 0. The summed E-state index contributed by atoms with van der Waals surface area (Å²) in [6, 6.07) is 8.35. The third kappa shape index (κ3) is 1.99. The molecule has 1 aliphatic rings. The summed E-state index contributed by atoms with van der Waals surface area (Å²) in [5.74, 6) is 1.06. The van der Waals surface area contributed by atoms with Crippen LogP contribution in [0.5, 0.6) is 0 Å². The number of hydrogen-bond acceptors (Lipinski definition) is 2. The molecular weight excluding hydrogens is 290 g/mol. The molecule has 18 heavy (non-hydrogen) atoms. The molecule has 0 atom stereocenters. The predicted octanol–water partition coefficient (Wildman–Crippen LogP) is 3.11. The van der Waals surface area contributed by atoms with E-state index in [1.165, 1.54) is 18.5 Å². The van der Waals surface area contributed by atoms with E-state index >= 15 is 0 Å². The molecule has 1 aromatic carbocycles. The van der Waals surface area contributed by atoms with Crippen molar-refractivity contribution in [2.24, 2.45) is 5.73 Å². The zero-order valence-corrected chi connectivity index (χ0v) is 11.8. The van der Waals surface area contributed by atoms with Gasteiger partial charge in [-0.15, -0.1) is 0 Å². The highest BCUT2D eigenvalue weighted by Crippen LogP contribution is 2.30. The summed E-state index contributed by atoms with van der Waals surface area (Å²) in [7, 11) is 0. The first kappa shape index (κ1) is 11.9. The molecule has 0 radical (unpaired) electrons. The van der Waals surface area contributed by atoms with Gasteiger partial charge in [0, 0.05) is 18.7 Å². The highest BCUT2D eigenvalue weighted by molar-refractivity contribution is 9.10. The summed E-state index contributed by atoms with van der Waals surface area (Å²) in [4.78, 5) is 4.68. The predicted molar refractivity (Wildman–Crippen MR) is 76.2 cm³/mol. The van der Waals surface area contributed by atoms with Crippen LogP contribution in [0, 0.1) is 0 Å². The molecule has 0 amide bonds. The number of benzene rings is 1. The van der Waals surface area contributed by atoms with Crippen molar-refractivity contribution >= 4 is 15.9 Å². The van der Waals surface area contributed by atoms with Crippen molar-refractivity contribution in [2.75, 3.05) is 0 Å². The Balaban J connectivity index is 2.11. The molecule has 1 aromatic heterocycles. The summed E-state index contributed by atoms with van der Waals surface area (Å²) >= 11 is 3.58. The van der Waals surface area contributed by atoms with Crippen molar-refractivity contribution in [3.63, 3.8) is 0 Å². The molecule has 94 valence electrons. The monoisotopic (exact) mass is 305 g/mol. The normalized spacial score (nSPS) is 14.6. The molecule has 0 saturated carbocycles. The number of halogens is 1. The van der Waals surface area contributed by atoms with E-state index in [4.69, 9.17) is 5.73 Å². The Morgan fingerprint density at radius 3 is 3.06 bits per heavy atom. The number of rotatable bonds is 2. The molecule has 0 saturated heterocycles. The number of aromatic nitrogens is 2. The van der Waals surface area contributed by atoms with E-state index in [9.17, 15) is 0 Å². The van der Waals surface area contributed by atoms with Crippen molar-refractivity contribution in [1.82, 2.24) is 9.55 Å². The molecule has 1 aliphatic heterocycles. The van der Waals surface area contributed by atoms with Gasteiger partial charge in [0.1, 0.15) is 10.4 Å². The molecule has 0 aliphatic carbocycles. The van der Waals surface area contributed by atoms with Crippen LogP contribution in [0.4, 0.5) is 0 Å². The van der Waals surface area contributed by atoms with Crippen molar-refractivity contribution in [3.05, 3.63) is 40.1 Å². The van der Waals surface area contributed by atoms with E-state index in [0.717, 1.165) is 34.5 Å². The Kier molecular flexibility index (Phi) is 3.22. The van der Waals surface area contributed by atoms with Gasteiger partial charge in [-0.3, -0.25) is 0 Å². The van der Waals surface area contributed by atoms with Gasteiger partial charge < -0.3 is 10.3 Å². The van der Waals surface area contributed by atoms with Gasteiger partial charge in [0.05, 0.1) is 5.69 Å². The minimum absolute atomic E-state index is 0.572. The fraction of sp³-hybridized carbons (Fsp3) is 0.357. The van der Waals surface area contributed by atoms with Crippen LogP contribution in [-0.4, -0.2) is 9.55 Å². The van der Waals surface area contributed by atoms with Crippen LogP contribution in [0.2, 0.25) is 0 Å². The lowest BCUT2D eigenvalue weighted by molar-refractivity contribution is 0.535. The van der Waals surface area contributed by atoms with E-state index < -0.39 is 0 Å². The van der Waals surface area contributed by atoms with E-state index in [-0.39, 0.29) is 0 Å². The first-order valence-corrected chi connectivity index (χ1v) is 7.13. The number of nitrogens with two attached hydrogens (primary N) is 1. The SMILES string of the molecule is NCc1cccc(-c2nc(Br)c3n2CCCC3)c1. The average molecular weight is 306 g/mol. The molecule has 3 rings (SSSR count). The maximum absolute atomic E-state index is 5.70. The first-order valence-electron chi connectivity index (χ1n) is 6.34. The molecule has 2 N–H and O–H groups in total. The van der Waals surface area contributed by atoms with Crippen LogP contribution >= 0.6 is 15.9 Å². The lowest BCUT2D eigenvalue weighted by atomic mass is 10.1. The Bertz CT molecular complexity index is 574. The number of fused-ring (bicyclic) bond motifs is 1. The number of nitrogens with zero attached hydrogens (tertiary/aromatic N) is 2. The third-order valence-corrected chi connectivity index (χ3v) is 4.12. The van der Waals surface area contributed by atoms with Crippen molar-refractivity contribution < 1.29 is 0 Å². The largest absolute Gasteiger partial charge is 0.327 e. The van der Waals surface area contributed by atoms with Gasteiger partial charge >= 0.3 is 0 Å². The molecule has 0 bridgehead atoms. The van der Waals surface area contributed by atoms with Crippen molar-refractivity contribution in [3.8, 4) is 11.4 Å². The summed E-state index contributed by atoms with van der Waals surface area (Å²) in [6.45, 7) is 1.64. The standard InChI is InChI=1S/C14H16BrN3/c15-13-12-6-1-2-7-18(12)14(17-13)11-5-3-4-10(8-11)9-16/h3-5,8H,1-2,6-7,9,16H2. The van der Waals surface area contributed by atoms with Crippen molar-refractivity contribution in [1.29, 1.82) is 0 Å². The van der Waals surface area contributed by atoms with E-state index in [2.05, 4.69) is 49.7 Å². The second kappa shape index (κ2) is 4.86. The fourth-order valence-electron chi connectivity index (χ4n) is 2.56. The van der Waals surface area contributed by atoms with Gasteiger partial charge in [-0.1, -0.05) is 18.2 Å². The van der Waals surface area contributed by atoms with Gasteiger partial charge in [0.15, 0.2) is 0 Å². The second-order valence-electron chi connectivity index (χ2n) is 4.69. The molecular formula is C14H16BrN3. The second-order valence-corrected chi connectivity index (χ2v) is 5.44. The van der Waals surface area contributed by atoms with Gasteiger partial charge in [0.2, 0.25) is 0 Å². The first-order chi connectivity index (χ1) is 8.79. The topological polar surface area (TPSA) is 43.8 Å². The summed E-state index contributed by atoms with van der Waals surface area (Å²) in [5.41, 5.74) is 9.34. The van der Waals surface area contributed by atoms with E-state index in [1.54, 1.807) is 0 Å². The number of imidazole rings is 1. The fourth-order valence-corrected chi connectivity index (χ4v) is 3.14. The van der Waals surface area contributed by atoms with Crippen molar-refractivity contribution in [2.45, 2.75) is 32.4 Å². The Morgan fingerprint density at radius 1 is 1.33 bits per heavy atom. The van der Waals surface area contributed by atoms with Crippen LogP contribution in [0.3, 0.4) is 0 Å². The molecule has 0 unspecified atom stereocenters. The van der Waals surface area contributed by atoms with Crippen LogP contribution in [0.25, 0.3) is 11.4 Å². The van der Waals surface area contributed by atoms with Crippen LogP contribution in [-0.2, 0) is 19.5 Å². The molecule has 0 fully saturated rings. The summed E-state index contributed by atoms with van der Waals surface area (Å²) in [6.07, 6.45) is 3.61. The van der Waals surface area contributed by atoms with Gasteiger partial charge in [-0.25, -0.2) is 4.98 Å². The van der Waals surface area contributed by atoms with Gasteiger partial charge in [-0.05, 0) is 46.8 Å². The maximum Gasteiger partial charge on any atom is 0.141 e. The quantitative estimate of drug-likeness (QED) is 0.926. The van der Waals surface area contributed by atoms with Crippen LogP contribution < -0.4 is 5.73 Å². The Hall–Kier alpha value is -1.13. The zero-order chi connectivity index (χ0) is 12.5. The van der Waals surface area contributed by atoms with E-state index in [0.29, 0.717) is 6.54 Å². The molecule has 2 aromatic rings. The zero-order valence-electron chi connectivity index (χ0n) is 10.2. The minimum atomic E-state index is 0.572. The third-order valence-electron chi connectivity index (χ3n) is 3.49.